The fraction of sp³-hybridized carbons (Fsp3) is 0.409. The number of hydrogen-bond donors (Lipinski definition) is 1. The van der Waals surface area contributed by atoms with E-state index in [0.717, 1.165) is 23.3 Å². The third-order valence-corrected chi connectivity index (χ3v) is 6.12. The van der Waals surface area contributed by atoms with E-state index in [-0.39, 0.29) is 18.1 Å². The van der Waals surface area contributed by atoms with Crippen LogP contribution >= 0.6 is 0 Å². The van der Waals surface area contributed by atoms with Gasteiger partial charge in [-0.1, -0.05) is 12.1 Å². The van der Waals surface area contributed by atoms with Crippen molar-refractivity contribution < 1.29 is 17.9 Å². The second kappa shape index (κ2) is 8.45. The molecule has 7 heteroatoms. The molecule has 0 radical (unpaired) electrons. The summed E-state index contributed by atoms with van der Waals surface area (Å²) in [5.41, 5.74) is 3.22. The Balaban J connectivity index is 1.59. The average Bonchev–Trinajstić information content (AvgIpc) is 2.97. The second-order valence-corrected chi connectivity index (χ2v) is 9.63. The maximum absolute atomic E-state index is 12.5. The lowest BCUT2D eigenvalue weighted by Crippen LogP contribution is -2.34. The molecule has 29 heavy (non-hydrogen) atoms. The van der Waals surface area contributed by atoms with Crippen LogP contribution in [0.4, 0.5) is 5.69 Å². The molecule has 1 amide bonds. The van der Waals surface area contributed by atoms with Gasteiger partial charge in [0.2, 0.25) is 10.0 Å². The average molecular weight is 417 g/mol. The van der Waals surface area contributed by atoms with E-state index < -0.39 is 10.0 Å². The molecule has 0 saturated heterocycles. The van der Waals surface area contributed by atoms with Crippen molar-refractivity contribution in [2.24, 2.45) is 0 Å². The second-order valence-electron chi connectivity index (χ2n) is 7.77. The van der Waals surface area contributed by atoms with Gasteiger partial charge in [0.05, 0.1) is 18.0 Å². The van der Waals surface area contributed by atoms with Crippen LogP contribution in [0.5, 0.6) is 5.75 Å². The zero-order valence-electron chi connectivity index (χ0n) is 17.3. The smallest absolute Gasteiger partial charge is 0.251 e. The predicted molar refractivity (Wildman–Crippen MR) is 115 cm³/mol. The van der Waals surface area contributed by atoms with Crippen LogP contribution in [-0.2, 0) is 22.9 Å². The van der Waals surface area contributed by atoms with Crippen LogP contribution in [0.25, 0.3) is 0 Å². The summed E-state index contributed by atoms with van der Waals surface area (Å²) in [7, 11) is -3.33. The zero-order chi connectivity index (χ0) is 21.2. The Bertz CT molecular complexity index is 984. The SMILES string of the molecule is CC(C)Oc1ccc(CCNC(=O)c2ccc3c(c2)CC(C)N3S(C)(=O)=O)cc1. The van der Waals surface area contributed by atoms with Crippen molar-refractivity contribution >= 4 is 21.6 Å². The number of ether oxygens (including phenoxy) is 1. The molecule has 1 N–H and O–H groups in total. The van der Waals surface area contributed by atoms with E-state index in [1.54, 1.807) is 18.2 Å². The summed E-state index contributed by atoms with van der Waals surface area (Å²) >= 11 is 0. The highest BCUT2D eigenvalue weighted by molar-refractivity contribution is 7.92. The molecule has 6 nitrogen and oxygen atoms in total. The van der Waals surface area contributed by atoms with Crippen LogP contribution in [0.3, 0.4) is 0 Å². The molecule has 1 aliphatic rings. The molecule has 1 aliphatic heterocycles. The molecule has 0 aliphatic carbocycles. The number of benzene rings is 2. The first-order valence-corrected chi connectivity index (χ1v) is 11.7. The molecule has 1 unspecified atom stereocenters. The van der Waals surface area contributed by atoms with E-state index in [0.29, 0.717) is 24.2 Å². The van der Waals surface area contributed by atoms with Gasteiger partial charge in [-0.15, -0.1) is 0 Å². The molecule has 1 heterocycles. The summed E-state index contributed by atoms with van der Waals surface area (Å²) in [5.74, 6) is 0.682. The Morgan fingerprint density at radius 2 is 1.90 bits per heavy atom. The van der Waals surface area contributed by atoms with E-state index in [2.05, 4.69) is 5.32 Å². The first kappa shape index (κ1) is 21.2. The zero-order valence-corrected chi connectivity index (χ0v) is 18.1. The highest BCUT2D eigenvalue weighted by Gasteiger charge is 2.32. The third-order valence-electron chi connectivity index (χ3n) is 4.85. The Kier molecular flexibility index (Phi) is 6.17. The quantitative estimate of drug-likeness (QED) is 0.752. The van der Waals surface area contributed by atoms with E-state index in [9.17, 15) is 13.2 Å². The van der Waals surface area contributed by atoms with Gasteiger partial charge in [-0.2, -0.15) is 0 Å². The van der Waals surface area contributed by atoms with Crippen LogP contribution in [0, 0.1) is 0 Å². The highest BCUT2D eigenvalue weighted by atomic mass is 32.2. The summed E-state index contributed by atoms with van der Waals surface area (Å²) in [6.45, 7) is 6.37. The van der Waals surface area contributed by atoms with Crippen molar-refractivity contribution in [3.05, 3.63) is 59.2 Å². The van der Waals surface area contributed by atoms with Crippen molar-refractivity contribution in [2.45, 2.75) is 45.8 Å². The largest absolute Gasteiger partial charge is 0.491 e. The lowest BCUT2D eigenvalue weighted by Gasteiger charge is -2.21. The molecule has 0 fully saturated rings. The Hall–Kier alpha value is -2.54. The number of fused-ring (bicyclic) bond motifs is 1. The molecule has 0 spiro atoms. The van der Waals surface area contributed by atoms with Gasteiger partial charge in [-0.25, -0.2) is 8.42 Å². The lowest BCUT2D eigenvalue weighted by atomic mass is 10.1. The normalized spacial score (nSPS) is 16.0. The van der Waals surface area contributed by atoms with Gasteiger partial charge >= 0.3 is 0 Å². The summed E-state index contributed by atoms with van der Waals surface area (Å²) < 4.78 is 31.1. The number of hydrogen-bond acceptors (Lipinski definition) is 4. The maximum Gasteiger partial charge on any atom is 0.251 e. The topological polar surface area (TPSA) is 75.7 Å². The Morgan fingerprint density at radius 3 is 2.52 bits per heavy atom. The van der Waals surface area contributed by atoms with E-state index in [1.165, 1.54) is 10.6 Å². The summed E-state index contributed by atoms with van der Waals surface area (Å²) in [6.07, 6.45) is 2.67. The van der Waals surface area contributed by atoms with Gasteiger partial charge in [-0.05, 0) is 75.1 Å². The van der Waals surface area contributed by atoms with Gasteiger partial charge in [0.1, 0.15) is 5.75 Å². The number of carbonyl (C=O) groups excluding carboxylic acids is 1. The molecule has 0 saturated carbocycles. The van der Waals surface area contributed by atoms with Gasteiger partial charge < -0.3 is 10.1 Å². The number of carbonyl (C=O) groups is 1. The first-order chi connectivity index (χ1) is 13.6. The van der Waals surface area contributed by atoms with Crippen molar-refractivity contribution in [1.29, 1.82) is 0 Å². The van der Waals surface area contributed by atoms with Crippen molar-refractivity contribution in [3.63, 3.8) is 0 Å². The van der Waals surface area contributed by atoms with Crippen LogP contribution in [-0.4, -0.2) is 39.3 Å². The summed E-state index contributed by atoms with van der Waals surface area (Å²) in [4.78, 5) is 12.5. The standard InChI is InChI=1S/C22H28N2O4S/c1-15(2)28-20-8-5-17(6-9-20)11-12-23-22(25)18-7-10-21-19(14-18)13-16(3)24(21)29(4,26)27/h5-10,14-16H,11-13H2,1-4H3,(H,23,25). The number of rotatable bonds is 7. The van der Waals surface area contributed by atoms with E-state index in [4.69, 9.17) is 4.74 Å². The third kappa shape index (κ3) is 5.09. The number of nitrogens with one attached hydrogen (secondary N) is 1. The van der Waals surface area contributed by atoms with Gasteiger partial charge in [-0.3, -0.25) is 9.10 Å². The minimum atomic E-state index is -3.33. The number of sulfonamides is 1. The maximum atomic E-state index is 12.5. The first-order valence-electron chi connectivity index (χ1n) is 9.81. The summed E-state index contributed by atoms with van der Waals surface area (Å²) in [5, 5.41) is 2.94. The number of nitrogens with zero attached hydrogens (tertiary/aromatic N) is 1. The Morgan fingerprint density at radius 1 is 1.21 bits per heavy atom. The lowest BCUT2D eigenvalue weighted by molar-refractivity contribution is 0.0954. The van der Waals surface area contributed by atoms with Gasteiger partial charge in [0, 0.05) is 18.2 Å². The van der Waals surface area contributed by atoms with Crippen LogP contribution < -0.4 is 14.4 Å². The fourth-order valence-electron chi connectivity index (χ4n) is 3.68. The van der Waals surface area contributed by atoms with Crippen molar-refractivity contribution in [1.82, 2.24) is 5.32 Å². The van der Waals surface area contributed by atoms with E-state index in [1.807, 2.05) is 45.0 Å². The molecule has 0 bridgehead atoms. The van der Waals surface area contributed by atoms with Crippen LogP contribution in [0.1, 0.15) is 42.3 Å². The minimum Gasteiger partial charge on any atom is -0.491 e. The minimum absolute atomic E-state index is 0.138. The molecule has 1 atom stereocenters. The molecular formula is C22H28N2O4S. The fourth-order valence-corrected chi connectivity index (χ4v) is 4.94. The molecule has 2 aromatic rings. The number of anilines is 1. The van der Waals surface area contributed by atoms with Crippen molar-refractivity contribution in [2.75, 3.05) is 17.1 Å². The molecular weight excluding hydrogens is 388 g/mol. The van der Waals surface area contributed by atoms with Gasteiger partial charge in [0.15, 0.2) is 0 Å². The van der Waals surface area contributed by atoms with Gasteiger partial charge in [0.25, 0.3) is 5.91 Å². The van der Waals surface area contributed by atoms with Crippen LogP contribution in [0.2, 0.25) is 0 Å². The monoisotopic (exact) mass is 416 g/mol. The molecule has 0 aromatic heterocycles. The predicted octanol–water partition coefficient (Wildman–Crippen LogP) is 3.16. The Labute approximate surface area is 172 Å². The molecule has 3 rings (SSSR count). The number of amides is 1. The van der Waals surface area contributed by atoms with Crippen LogP contribution in [0.15, 0.2) is 42.5 Å². The van der Waals surface area contributed by atoms with Crippen molar-refractivity contribution in [3.8, 4) is 5.75 Å². The molecule has 156 valence electrons. The van der Waals surface area contributed by atoms with E-state index >= 15 is 0 Å². The molecule has 2 aromatic carbocycles. The summed E-state index contributed by atoms with van der Waals surface area (Å²) in [6, 6.07) is 12.9. The highest BCUT2D eigenvalue weighted by Crippen LogP contribution is 2.34.